The maximum Gasteiger partial charge on any atom is 0.249 e. The van der Waals surface area contributed by atoms with Gasteiger partial charge in [0.25, 0.3) is 0 Å². The van der Waals surface area contributed by atoms with Crippen LogP contribution in [0.15, 0.2) is 21.9 Å². The summed E-state index contributed by atoms with van der Waals surface area (Å²) < 4.78 is 13.0. The fourth-order valence-electron chi connectivity index (χ4n) is 0.971. The molecule has 0 spiro atoms. The monoisotopic (exact) mass is 227 g/mol. The standard InChI is InChI=1S/C8H3ClFN3O2/c9-8-11-2-3(10)7(13-8)12-4-1-5(14)6(4)15/h1-2H,(H,11,12,13). The highest BCUT2D eigenvalue weighted by Gasteiger charge is 2.13. The summed E-state index contributed by atoms with van der Waals surface area (Å²) in [6.45, 7) is 0. The molecule has 0 aliphatic carbocycles. The van der Waals surface area contributed by atoms with E-state index in [2.05, 4.69) is 15.3 Å². The minimum absolute atomic E-state index is 0.00586. The number of hydrogen-bond donors (Lipinski definition) is 1. The highest BCUT2D eigenvalue weighted by atomic mass is 35.5. The summed E-state index contributed by atoms with van der Waals surface area (Å²) >= 11 is 5.43. The molecule has 0 aliphatic heterocycles. The van der Waals surface area contributed by atoms with Gasteiger partial charge in [-0.3, -0.25) is 9.59 Å². The van der Waals surface area contributed by atoms with Crippen molar-refractivity contribution in [2.45, 2.75) is 0 Å². The molecule has 0 radical (unpaired) electrons. The Balaban J connectivity index is 2.33. The molecule has 15 heavy (non-hydrogen) atoms. The molecule has 1 aromatic heterocycles. The maximum atomic E-state index is 13.0. The van der Waals surface area contributed by atoms with Gasteiger partial charge >= 0.3 is 0 Å². The molecule has 7 heteroatoms. The van der Waals surface area contributed by atoms with Gasteiger partial charge in [-0.2, -0.15) is 4.98 Å². The summed E-state index contributed by atoms with van der Waals surface area (Å²) in [6, 6.07) is 1.05. The largest absolute Gasteiger partial charge is 0.334 e. The third-order valence-corrected chi connectivity index (χ3v) is 1.89. The Bertz CT molecular complexity index is 592. The minimum atomic E-state index is -0.757. The van der Waals surface area contributed by atoms with Crippen LogP contribution in [-0.4, -0.2) is 9.97 Å². The molecule has 2 rings (SSSR count). The van der Waals surface area contributed by atoms with Gasteiger partial charge in [0.2, 0.25) is 16.1 Å². The van der Waals surface area contributed by atoms with E-state index >= 15 is 0 Å². The van der Waals surface area contributed by atoms with Crippen molar-refractivity contribution in [2.75, 3.05) is 5.32 Å². The van der Waals surface area contributed by atoms with Crippen LogP contribution in [0.4, 0.5) is 15.9 Å². The van der Waals surface area contributed by atoms with E-state index in [1.807, 2.05) is 0 Å². The van der Waals surface area contributed by atoms with Crippen LogP contribution in [0.2, 0.25) is 5.28 Å². The molecule has 0 amide bonds. The number of rotatable bonds is 2. The first kappa shape index (κ1) is 9.72. The zero-order valence-electron chi connectivity index (χ0n) is 7.12. The smallest absolute Gasteiger partial charge is 0.249 e. The Labute approximate surface area is 87.2 Å². The number of aromatic nitrogens is 2. The van der Waals surface area contributed by atoms with Crippen LogP contribution in [0.25, 0.3) is 0 Å². The summed E-state index contributed by atoms with van der Waals surface area (Å²) in [5.41, 5.74) is -1.34. The van der Waals surface area contributed by atoms with Crippen LogP contribution in [0.1, 0.15) is 0 Å². The van der Waals surface area contributed by atoms with E-state index in [0.717, 1.165) is 12.3 Å². The van der Waals surface area contributed by atoms with E-state index in [1.54, 1.807) is 0 Å². The second-order valence-corrected chi connectivity index (χ2v) is 3.05. The zero-order valence-corrected chi connectivity index (χ0v) is 7.88. The minimum Gasteiger partial charge on any atom is -0.334 e. The van der Waals surface area contributed by atoms with Crippen molar-refractivity contribution in [3.8, 4) is 0 Å². The summed E-state index contributed by atoms with van der Waals surface area (Å²) in [4.78, 5) is 28.4. The van der Waals surface area contributed by atoms with Crippen molar-refractivity contribution in [3.63, 3.8) is 0 Å². The van der Waals surface area contributed by atoms with Gasteiger partial charge in [0.15, 0.2) is 11.6 Å². The SMILES string of the molecule is O=c1cc(Nc2nc(Cl)ncc2F)c1=O. The summed E-state index contributed by atoms with van der Waals surface area (Å²) in [5, 5.41) is 2.19. The van der Waals surface area contributed by atoms with Gasteiger partial charge in [0.1, 0.15) is 0 Å². The molecular formula is C8H3ClFN3O2. The Hall–Kier alpha value is -1.82. The van der Waals surface area contributed by atoms with Crippen LogP contribution in [0.3, 0.4) is 0 Å². The lowest BCUT2D eigenvalue weighted by Crippen LogP contribution is -2.31. The number of nitrogens with zero attached hydrogens (tertiary/aromatic N) is 2. The first-order valence-corrected chi connectivity index (χ1v) is 4.21. The summed E-state index contributed by atoms with van der Waals surface area (Å²) in [6.07, 6.45) is 0.864. The highest BCUT2D eigenvalue weighted by molar-refractivity contribution is 6.28. The van der Waals surface area contributed by atoms with E-state index in [0.29, 0.717) is 0 Å². The molecule has 76 valence electrons. The Morgan fingerprint density at radius 2 is 2.13 bits per heavy atom. The number of anilines is 2. The van der Waals surface area contributed by atoms with Crippen LogP contribution in [-0.2, 0) is 0 Å². The van der Waals surface area contributed by atoms with Gasteiger partial charge in [0, 0.05) is 6.07 Å². The molecular weight excluding hydrogens is 225 g/mol. The van der Waals surface area contributed by atoms with E-state index in [4.69, 9.17) is 11.6 Å². The Morgan fingerprint density at radius 3 is 2.73 bits per heavy atom. The quantitative estimate of drug-likeness (QED) is 0.601. The number of hydrogen-bond acceptors (Lipinski definition) is 5. The topological polar surface area (TPSA) is 72.0 Å². The van der Waals surface area contributed by atoms with Crippen molar-refractivity contribution >= 4 is 23.1 Å². The Morgan fingerprint density at radius 1 is 1.40 bits per heavy atom. The summed E-state index contributed by atoms with van der Waals surface area (Å²) in [5.74, 6) is -0.991. The van der Waals surface area contributed by atoms with Gasteiger partial charge in [-0.1, -0.05) is 0 Å². The molecule has 0 atom stereocenters. The van der Waals surface area contributed by atoms with E-state index in [-0.39, 0.29) is 16.8 Å². The van der Waals surface area contributed by atoms with Gasteiger partial charge in [-0.15, -0.1) is 0 Å². The molecule has 0 aliphatic rings. The van der Waals surface area contributed by atoms with Crippen molar-refractivity contribution < 1.29 is 4.39 Å². The first-order valence-electron chi connectivity index (χ1n) is 3.83. The first-order chi connectivity index (χ1) is 7.08. The van der Waals surface area contributed by atoms with Crippen LogP contribution in [0, 0.1) is 5.82 Å². The molecule has 0 unspecified atom stereocenters. The molecule has 1 N–H and O–H groups in total. The third-order valence-electron chi connectivity index (χ3n) is 1.71. The summed E-state index contributed by atoms with van der Waals surface area (Å²) in [7, 11) is 0. The normalized spacial score (nSPS) is 10.5. The second-order valence-electron chi connectivity index (χ2n) is 2.71. The third kappa shape index (κ3) is 1.71. The van der Waals surface area contributed by atoms with Crippen LogP contribution in [0.5, 0.6) is 0 Å². The predicted molar refractivity (Wildman–Crippen MR) is 51.6 cm³/mol. The lowest BCUT2D eigenvalue weighted by atomic mass is 10.2. The van der Waals surface area contributed by atoms with Crippen LogP contribution >= 0.6 is 11.6 Å². The van der Waals surface area contributed by atoms with Crippen molar-refractivity contribution in [1.82, 2.24) is 9.97 Å². The van der Waals surface area contributed by atoms with Crippen molar-refractivity contribution in [3.05, 3.63) is 43.8 Å². The molecule has 2 aromatic rings. The molecule has 1 heterocycles. The highest BCUT2D eigenvalue weighted by Crippen LogP contribution is 2.15. The zero-order chi connectivity index (χ0) is 11.0. The average molecular weight is 228 g/mol. The number of halogens is 2. The molecule has 0 saturated carbocycles. The second kappa shape index (κ2) is 3.39. The van der Waals surface area contributed by atoms with Gasteiger partial charge in [-0.25, -0.2) is 9.37 Å². The molecule has 0 bridgehead atoms. The average Bonchev–Trinajstić information content (AvgIpc) is 2.22. The lowest BCUT2D eigenvalue weighted by Gasteiger charge is -2.05. The van der Waals surface area contributed by atoms with Crippen molar-refractivity contribution in [2.24, 2.45) is 0 Å². The molecule has 0 fully saturated rings. The molecule has 0 saturated heterocycles. The fourth-order valence-corrected chi connectivity index (χ4v) is 1.10. The van der Waals surface area contributed by atoms with Crippen LogP contribution < -0.4 is 16.2 Å². The Kier molecular flexibility index (Phi) is 2.20. The molecule has 1 aromatic carbocycles. The van der Waals surface area contributed by atoms with Gasteiger partial charge in [-0.05, 0) is 11.6 Å². The fraction of sp³-hybridized carbons (Fsp3) is 0. The van der Waals surface area contributed by atoms with E-state index in [1.165, 1.54) is 0 Å². The van der Waals surface area contributed by atoms with Gasteiger partial charge < -0.3 is 5.32 Å². The predicted octanol–water partition coefficient (Wildman–Crippen LogP) is 0.609. The lowest BCUT2D eigenvalue weighted by molar-refractivity contribution is 0.619. The van der Waals surface area contributed by atoms with Crippen molar-refractivity contribution in [1.29, 1.82) is 0 Å². The molecule has 5 nitrogen and oxygen atoms in total. The maximum absolute atomic E-state index is 13.0. The van der Waals surface area contributed by atoms with E-state index < -0.39 is 16.7 Å². The number of nitrogens with one attached hydrogen (secondary N) is 1. The van der Waals surface area contributed by atoms with Gasteiger partial charge in [0.05, 0.1) is 11.9 Å². The van der Waals surface area contributed by atoms with E-state index in [9.17, 15) is 14.0 Å².